The largest absolute Gasteiger partial charge is 0.534 e. The molecule has 1 unspecified atom stereocenters. The summed E-state index contributed by atoms with van der Waals surface area (Å²) in [5.41, 5.74) is -6.14. The monoisotopic (exact) mass is 475 g/mol. The van der Waals surface area contributed by atoms with Crippen LogP contribution in [-0.2, 0) is 24.4 Å². The highest BCUT2D eigenvalue weighted by Crippen LogP contribution is 2.50. The number of aromatic nitrogens is 1. The predicted octanol–water partition coefficient (Wildman–Crippen LogP) is 4.76. The fourth-order valence-corrected chi connectivity index (χ4v) is 3.76. The molecule has 1 atom stereocenters. The number of carbonyl (C=O) groups is 1. The van der Waals surface area contributed by atoms with E-state index in [2.05, 4.69) is 4.98 Å². The van der Waals surface area contributed by atoms with Crippen LogP contribution in [0.25, 0.3) is 10.9 Å². The summed E-state index contributed by atoms with van der Waals surface area (Å²) in [6.45, 7) is 6.50. The lowest BCUT2D eigenvalue weighted by atomic mass is 9.95. The Morgan fingerprint density at radius 2 is 1.91 bits per heavy atom. The summed E-state index contributed by atoms with van der Waals surface area (Å²) in [6, 6.07) is 4.53. The molecule has 0 spiro atoms. The number of alkyl halides is 3. The zero-order valence-corrected chi connectivity index (χ0v) is 18.8. The van der Waals surface area contributed by atoms with Crippen LogP contribution in [-0.4, -0.2) is 37.1 Å². The average Bonchev–Trinajstić information content (AvgIpc) is 3.49. The summed E-state index contributed by atoms with van der Waals surface area (Å²) in [6.07, 6.45) is 1.20. The van der Waals surface area contributed by atoms with Crippen LogP contribution >= 0.6 is 0 Å². The van der Waals surface area contributed by atoms with E-state index in [1.54, 1.807) is 27.7 Å². The Bertz CT molecular complexity index is 1120. The molecule has 2 aromatic rings. The van der Waals surface area contributed by atoms with E-state index in [1.807, 2.05) is 0 Å². The van der Waals surface area contributed by atoms with Crippen molar-refractivity contribution in [3.05, 3.63) is 35.5 Å². The van der Waals surface area contributed by atoms with Crippen LogP contribution in [0.3, 0.4) is 0 Å². The average molecular weight is 475 g/mol. The van der Waals surface area contributed by atoms with Gasteiger partial charge in [-0.3, -0.25) is 4.98 Å². The van der Waals surface area contributed by atoms with Crippen LogP contribution in [0, 0.1) is 0 Å². The first-order chi connectivity index (χ1) is 14.7. The second-order valence-corrected chi connectivity index (χ2v) is 9.94. The van der Waals surface area contributed by atoms with Gasteiger partial charge in [-0.1, -0.05) is 6.07 Å². The van der Waals surface area contributed by atoms with E-state index in [9.17, 15) is 26.4 Å². The van der Waals surface area contributed by atoms with Gasteiger partial charge in [0.05, 0.1) is 17.7 Å². The Hall–Kier alpha value is -2.40. The van der Waals surface area contributed by atoms with Gasteiger partial charge in [0.15, 0.2) is 11.9 Å². The molecule has 1 aliphatic carbocycles. The SMILES string of the molecule is CCOC(=O)C(OC(C)(C)C)c1c(OS(=O)(=O)C(F)(F)F)c(C2CC2)cc2ncccc12. The van der Waals surface area contributed by atoms with Crippen molar-refractivity contribution in [3.8, 4) is 5.75 Å². The van der Waals surface area contributed by atoms with Gasteiger partial charge in [-0.25, -0.2) is 4.79 Å². The van der Waals surface area contributed by atoms with Crippen LogP contribution < -0.4 is 4.18 Å². The number of hydrogen-bond acceptors (Lipinski definition) is 7. The van der Waals surface area contributed by atoms with Crippen molar-refractivity contribution in [2.75, 3.05) is 6.61 Å². The van der Waals surface area contributed by atoms with Gasteiger partial charge in [-0.15, -0.1) is 0 Å². The Balaban J connectivity index is 2.35. The predicted molar refractivity (Wildman–Crippen MR) is 110 cm³/mol. The normalized spacial score (nSPS) is 16.1. The minimum atomic E-state index is -6.01. The second-order valence-electron chi connectivity index (χ2n) is 8.40. The number of ether oxygens (including phenoxy) is 2. The minimum absolute atomic E-state index is 0.0155. The maximum Gasteiger partial charge on any atom is 0.534 e. The number of carbonyl (C=O) groups excluding carboxylic acids is 1. The molecule has 1 aromatic carbocycles. The second kappa shape index (κ2) is 8.51. The third-order valence-electron chi connectivity index (χ3n) is 4.66. The molecule has 1 aliphatic rings. The van der Waals surface area contributed by atoms with Crippen LogP contribution in [0.5, 0.6) is 5.75 Å². The molecule has 1 fully saturated rings. The topological polar surface area (TPSA) is 91.8 Å². The molecule has 0 aliphatic heterocycles. The van der Waals surface area contributed by atoms with Gasteiger partial charge in [-0.2, -0.15) is 21.6 Å². The van der Waals surface area contributed by atoms with E-state index >= 15 is 0 Å². The highest BCUT2D eigenvalue weighted by molar-refractivity contribution is 7.88. The van der Waals surface area contributed by atoms with E-state index in [1.165, 1.54) is 24.4 Å². The standard InChI is InChI=1S/C21H24F3NO6S/c1-5-29-19(26)18(30-20(2,3)4)16-13-7-6-10-25-15(13)11-14(12-8-9-12)17(16)31-32(27,28)21(22,23)24/h6-7,10-12,18H,5,8-9H2,1-4H3. The highest BCUT2D eigenvalue weighted by atomic mass is 32.2. The van der Waals surface area contributed by atoms with E-state index in [0.29, 0.717) is 18.4 Å². The Morgan fingerprint density at radius 3 is 2.44 bits per heavy atom. The molecular weight excluding hydrogens is 451 g/mol. The van der Waals surface area contributed by atoms with Gasteiger partial charge in [0.2, 0.25) is 0 Å². The van der Waals surface area contributed by atoms with Gasteiger partial charge in [0.25, 0.3) is 0 Å². The number of nitrogens with zero attached hydrogens (tertiary/aromatic N) is 1. The van der Waals surface area contributed by atoms with Crippen molar-refractivity contribution in [1.82, 2.24) is 4.98 Å². The van der Waals surface area contributed by atoms with E-state index in [4.69, 9.17) is 13.7 Å². The van der Waals surface area contributed by atoms with Crippen molar-refractivity contribution in [2.45, 2.75) is 63.7 Å². The molecule has 3 rings (SSSR count). The van der Waals surface area contributed by atoms with Crippen molar-refractivity contribution in [1.29, 1.82) is 0 Å². The summed E-state index contributed by atoms with van der Waals surface area (Å²) in [4.78, 5) is 17.1. The maximum atomic E-state index is 13.2. The number of pyridine rings is 1. The molecule has 1 saturated carbocycles. The molecule has 1 aromatic heterocycles. The number of esters is 1. The number of hydrogen-bond donors (Lipinski definition) is 0. The number of benzene rings is 1. The van der Waals surface area contributed by atoms with Gasteiger partial charge >= 0.3 is 21.6 Å². The van der Waals surface area contributed by atoms with Crippen LogP contribution in [0.2, 0.25) is 0 Å². The summed E-state index contributed by atoms with van der Waals surface area (Å²) >= 11 is 0. The summed E-state index contributed by atoms with van der Waals surface area (Å²) in [5.74, 6) is -1.67. The van der Waals surface area contributed by atoms with E-state index < -0.39 is 39.1 Å². The molecule has 0 radical (unpaired) electrons. The first-order valence-electron chi connectivity index (χ1n) is 10.0. The quantitative estimate of drug-likeness (QED) is 0.324. The number of rotatable bonds is 7. The van der Waals surface area contributed by atoms with Crippen molar-refractivity contribution in [3.63, 3.8) is 0 Å². The van der Waals surface area contributed by atoms with Gasteiger partial charge in [-0.05, 0) is 58.6 Å². The Kier molecular flexibility index (Phi) is 6.45. The van der Waals surface area contributed by atoms with Crippen LogP contribution in [0.1, 0.15) is 63.7 Å². The maximum absolute atomic E-state index is 13.2. The van der Waals surface area contributed by atoms with Crippen LogP contribution in [0.15, 0.2) is 24.4 Å². The first kappa shape index (κ1) is 24.2. The molecule has 7 nitrogen and oxygen atoms in total. The van der Waals surface area contributed by atoms with Crippen molar-refractivity contribution >= 4 is 27.0 Å². The molecule has 32 heavy (non-hydrogen) atoms. The van der Waals surface area contributed by atoms with Crippen LogP contribution in [0.4, 0.5) is 13.2 Å². The zero-order chi connectivity index (χ0) is 23.9. The third-order valence-corrected chi connectivity index (χ3v) is 5.61. The van der Waals surface area contributed by atoms with Gasteiger partial charge in [0.1, 0.15) is 0 Å². The third kappa shape index (κ3) is 5.15. The molecular formula is C21H24F3NO6S. The van der Waals surface area contributed by atoms with Gasteiger partial charge in [0, 0.05) is 22.7 Å². The smallest absolute Gasteiger partial charge is 0.464 e. The van der Waals surface area contributed by atoms with Gasteiger partial charge < -0.3 is 13.7 Å². The lowest BCUT2D eigenvalue weighted by molar-refractivity contribution is -0.166. The fraction of sp³-hybridized carbons (Fsp3) is 0.524. The minimum Gasteiger partial charge on any atom is -0.464 e. The zero-order valence-electron chi connectivity index (χ0n) is 18.0. The molecule has 176 valence electrons. The molecule has 0 N–H and O–H groups in total. The summed E-state index contributed by atoms with van der Waals surface area (Å²) < 4.78 is 79.3. The molecule has 11 heteroatoms. The fourth-order valence-electron chi connectivity index (χ4n) is 3.26. The highest BCUT2D eigenvalue weighted by Gasteiger charge is 2.50. The summed E-state index contributed by atoms with van der Waals surface area (Å²) in [7, 11) is -6.01. The van der Waals surface area contributed by atoms with Crippen molar-refractivity contribution < 1.29 is 40.0 Å². The molecule has 0 saturated heterocycles. The first-order valence-corrected chi connectivity index (χ1v) is 11.4. The molecule has 1 heterocycles. The Morgan fingerprint density at radius 1 is 1.25 bits per heavy atom. The number of halogens is 3. The van der Waals surface area contributed by atoms with E-state index in [-0.39, 0.29) is 29.0 Å². The summed E-state index contributed by atoms with van der Waals surface area (Å²) in [5, 5.41) is 0.228. The Labute approximate surface area is 184 Å². The lowest BCUT2D eigenvalue weighted by Crippen LogP contribution is -2.32. The molecule has 0 amide bonds. The van der Waals surface area contributed by atoms with E-state index in [0.717, 1.165) is 0 Å². The molecule has 0 bridgehead atoms. The number of fused-ring (bicyclic) bond motifs is 1. The lowest BCUT2D eigenvalue weighted by Gasteiger charge is -2.29. The van der Waals surface area contributed by atoms with Crippen molar-refractivity contribution in [2.24, 2.45) is 0 Å².